The summed E-state index contributed by atoms with van der Waals surface area (Å²) in [6.07, 6.45) is -2.69. The number of fused-ring (bicyclic) bond motifs is 1. The lowest BCUT2D eigenvalue weighted by Gasteiger charge is -2.20. The van der Waals surface area contributed by atoms with Gasteiger partial charge in [0.25, 0.3) is 5.91 Å². The molecule has 3 N–H and O–H groups in total. The van der Waals surface area contributed by atoms with Crippen molar-refractivity contribution in [3.05, 3.63) is 70.5 Å². The number of anilines is 1. The molecule has 1 aromatic heterocycles. The first-order chi connectivity index (χ1) is 15.8. The van der Waals surface area contributed by atoms with Crippen LogP contribution in [-0.2, 0) is 18.6 Å². The molecule has 1 atom stereocenters. The molecule has 0 radical (unpaired) electrons. The predicted molar refractivity (Wildman–Crippen MR) is 123 cm³/mol. The Kier molecular flexibility index (Phi) is 5.54. The van der Waals surface area contributed by atoms with Gasteiger partial charge in [0.1, 0.15) is 0 Å². The number of aromatic nitrogens is 2. The van der Waals surface area contributed by atoms with Crippen LogP contribution in [0, 0.1) is 0 Å². The maximum Gasteiger partial charge on any atom is 0.435 e. The average Bonchev–Trinajstić information content (AvgIpc) is 3.24. The smallest absolute Gasteiger partial charge is 0.366 e. The van der Waals surface area contributed by atoms with Gasteiger partial charge in [0.2, 0.25) is 5.91 Å². The number of nitrogens with one attached hydrogen (secondary N) is 1. The lowest BCUT2D eigenvalue weighted by Crippen LogP contribution is -2.22. The Labute approximate surface area is 195 Å². The van der Waals surface area contributed by atoms with Crippen molar-refractivity contribution >= 4 is 17.5 Å². The second-order valence-electron chi connectivity index (χ2n) is 9.37. The van der Waals surface area contributed by atoms with E-state index in [4.69, 9.17) is 5.73 Å². The third-order valence-corrected chi connectivity index (χ3v) is 6.34. The number of nitrogens with zero attached hydrogens (tertiary/aromatic N) is 2. The highest BCUT2D eigenvalue weighted by Crippen LogP contribution is 2.48. The fraction of sp³-hybridized carbons (Fsp3) is 0.320. The van der Waals surface area contributed by atoms with Crippen LogP contribution in [0.3, 0.4) is 0 Å². The standard InChI is InChI=1S/C25H25F3N4O2/c1-13-11-24(2,3)17-9-6-10-18(19(13)17)30-23(34)20-14(7-5-8-15(20)22(29)33)16-12-32(4)31-21(16)25(26,27)28/h5-10,12-13H,11H2,1-4H3,(H2,29,33)(H,30,34). The number of rotatable bonds is 4. The first-order valence-corrected chi connectivity index (χ1v) is 10.8. The van der Waals surface area contributed by atoms with Gasteiger partial charge in [0, 0.05) is 24.5 Å². The number of aryl methyl sites for hydroxylation is 1. The van der Waals surface area contributed by atoms with Gasteiger partial charge in [0.15, 0.2) is 5.69 Å². The molecule has 6 nitrogen and oxygen atoms in total. The van der Waals surface area contributed by atoms with Crippen LogP contribution in [0.25, 0.3) is 11.1 Å². The maximum atomic E-state index is 13.7. The molecule has 9 heteroatoms. The van der Waals surface area contributed by atoms with Crippen molar-refractivity contribution in [2.45, 2.75) is 44.7 Å². The van der Waals surface area contributed by atoms with Gasteiger partial charge in [-0.3, -0.25) is 14.3 Å². The third kappa shape index (κ3) is 3.95. The van der Waals surface area contributed by atoms with Gasteiger partial charge >= 0.3 is 6.18 Å². The monoisotopic (exact) mass is 470 g/mol. The van der Waals surface area contributed by atoms with Crippen LogP contribution in [0.4, 0.5) is 18.9 Å². The van der Waals surface area contributed by atoms with Crippen molar-refractivity contribution in [3.8, 4) is 11.1 Å². The van der Waals surface area contributed by atoms with Crippen LogP contribution < -0.4 is 11.1 Å². The lowest BCUT2D eigenvalue weighted by atomic mass is 9.86. The Morgan fingerprint density at radius 2 is 1.82 bits per heavy atom. The molecule has 1 unspecified atom stereocenters. The number of carbonyl (C=O) groups excluding carboxylic acids is 2. The summed E-state index contributed by atoms with van der Waals surface area (Å²) in [6.45, 7) is 6.32. The number of nitrogens with two attached hydrogens (primary N) is 1. The van der Waals surface area contributed by atoms with Gasteiger partial charge < -0.3 is 11.1 Å². The molecule has 1 aliphatic rings. The number of hydrogen-bond donors (Lipinski definition) is 2. The van der Waals surface area contributed by atoms with Crippen LogP contribution in [0.2, 0.25) is 0 Å². The van der Waals surface area contributed by atoms with Crippen LogP contribution in [0.15, 0.2) is 42.6 Å². The molecule has 34 heavy (non-hydrogen) atoms. The SMILES string of the molecule is CC1CC(C)(C)c2cccc(NC(=O)c3c(C(N)=O)cccc3-c3cn(C)nc3C(F)(F)F)c21. The first-order valence-electron chi connectivity index (χ1n) is 10.8. The second-order valence-corrected chi connectivity index (χ2v) is 9.37. The molecule has 0 spiro atoms. The Morgan fingerprint density at radius 1 is 1.15 bits per heavy atom. The van der Waals surface area contributed by atoms with E-state index in [9.17, 15) is 22.8 Å². The second kappa shape index (κ2) is 8.00. The first kappa shape index (κ1) is 23.5. The Morgan fingerprint density at radius 3 is 2.47 bits per heavy atom. The number of halogens is 3. The Bertz CT molecular complexity index is 1310. The fourth-order valence-electron chi connectivity index (χ4n) is 5.08. The zero-order valence-electron chi connectivity index (χ0n) is 19.2. The van der Waals surface area contributed by atoms with E-state index in [1.54, 1.807) is 6.07 Å². The zero-order chi connectivity index (χ0) is 25.0. The summed E-state index contributed by atoms with van der Waals surface area (Å²) in [5.41, 5.74) is 6.14. The zero-order valence-corrected chi connectivity index (χ0v) is 19.2. The highest BCUT2D eigenvalue weighted by Gasteiger charge is 2.39. The maximum absolute atomic E-state index is 13.7. The predicted octanol–water partition coefficient (Wildman–Crippen LogP) is 5.24. The topological polar surface area (TPSA) is 90.0 Å². The summed E-state index contributed by atoms with van der Waals surface area (Å²) in [7, 11) is 1.35. The molecule has 178 valence electrons. The van der Waals surface area contributed by atoms with E-state index < -0.39 is 23.7 Å². The molecule has 4 rings (SSSR count). The summed E-state index contributed by atoms with van der Waals surface area (Å²) in [6, 6.07) is 9.68. The Hall–Kier alpha value is -3.62. The molecular formula is C25H25F3N4O2. The fourth-order valence-corrected chi connectivity index (χ4v) is 5.08. The van der Waals surface area contributed by atoms with E-state index in [1.165, 1.54) is 31.4 Å². The number of carbonyl (C=O) groups is 2. The van der Waals surface area contributed by atoms with E-state index in [1.807, 2.05) is 12.1 Å². The van der Waals surface area contributed by atoms with Gasteiger partial charge in [0.05, 0.1) is 11.1 Å². The van der Waals surface area contributed by atoms with Crippen LogP contribution in [-0.4, -0.2) is 21.6 Å². The van der Waals surface area contributed by atoms with E-state index in [0.29, 0.717) is 5.69 Å². The molecule has 2 aromatic carbocycles. The number of primary amides is 1. The quantitative estimate of drug-likeness (QED) is 0.546. The van der Waals surface area contributed by atoms with E-state index in [0.717, 1.165) is 22.2 Å². The molecule has 0 aliphatic heterocycles. The van der Waals surface area contributed by atoms with Crippen molar-refractivity contribution < 1.29 is 22.8 Å². The van der Waals surface area contributed by atoms with Crippen molar-refractivity contribution in [1.29, 1.82) is 0 Å². The lowest BCUT2D eigenvalue weighted by molar-refractivity contribution is -0.141. The minimum atomic E-state index is -4.76. The van der Waals surface area contributed by atoms with Crippen molar-refractivity contribution in [3.63, 3.8) is 0 Å². The molecule has 1 heterocycles. The van der Waals surface area contributed by atoms with E-state index in [2.05, 4.69) is 31.2 Å². The van der Waals surface area contributed by atoms with Crippen LogP contribution in [0.1, 0.15) is 70.6 Å². The van der Waals surface area contributed by atoms with Gasteiger partial charge in [-0.25, -0.2) is 0 Å². The number of alkyl halides is 3. The average molecular weight is 470 g/mol. The van der Waals surface area contributed by atoms with Crippen molar-refractivity contribution in [2.75, 3.05) is 5.32 Å². The molecular weight excluding hydrogens is 445 g/mol. The molecule has 3 aromatic rings. The highest BCUT2D eigenvalue weighted by atomic mass is 19.4. The van der Waals surface area contributed by atoms with Gasteiger partial charge in [-0.15, -0.1) is 0 Å². The Balaban J connectivity index is 1.87. The van der Waals surface area contributed by atoms with Gasteiger partial charge in [-0.1, -0.05) is 45.0 Å². The summed E-state index contributed by atoms with van der Waals surface area (Å²) < 4.78 is 42.1. The number of amides is 2. The van der Waals surface area contributed by atoms with E-state index in [-0.39, 0.29) is 33.6 Å². The van der Waals surface area contributed by atoms with Crippen LogP contribution >= 0.6 is 0 Å². The molecule has 0 saturated heterocycles. The third-order valence-electron chi connectivity index (χ3n) is 6.34. The minimum absolute atomic E-state index is 0.0739. The molecule has 1 aliphatic carbocycles. The summed E-state index contributed by atoms with van der Waals surface area (Å²) in [5.74, 6) is -1.47. The van der Waals surface area contributed by atoms with Crippen molar-refractivity contribution in [1.82, 2.24) is 9.78 Å². The summed E-state index contributed by atoms with van der Waals surface area (Å²) >= 11 is 0. The number of hydrogen-bond acceptors (Lipinski definition) is 3. The van der Waals surface area contributed by atoms with Crippen molar-refractivity contribution in [2.24, 2.45) is 12.8 Å². The van der Waals surface area contributed by atoms with Gasteiger partial charge in [-0.2, -0.15) is 18.3 Å². The molecule has 0 saturated carbocycles. The van der Waals surface area contributed by atoms with Gasteiger partial charge in [-0.05, 0) is 46.6 Å². The molecule has 2 amide bonds. The number of benzene rings is 2. The summed E-state index contributed by atoms with van der Waals surface area (Å²) in [5, 5.41) is 6.38. The molecule has 0 bridgehead atoms. The van der Waals surface area contributed by atoms with E-state index >= 15 is 0 Å². The molecule has 0 fully saturated rings. The largest absolute Gasteiger partial charge is 0.435 e. The minimum Gasteiger partial charge on any atom is -0.366 e. The highest BCUT2D eigenvalue weighted by molar-refractivity contribution is 6.16. The normalized spacial score (nSPS) is 16.9. The van der Waals surface area contributed by atoms with Crippen LogP contribution in [0.5, 0.6) is 0 Å². The summed E-state index contributed by atoms with van der Waals surface area (Å²) in [4.78, 5) is 25.7.